The molecule has 0 saturated heterocycles. The van der Waals surface area contributed by atoms with Crippen molar-refractivity contribution < 1.29 is 13.6 Å². The SMILES string of the molecule is [B-]P(CCP(=O)(OC)OC)c1ccccc1. The molecule has 0 amide bonds. The number of benzene rings is 1. The predicted molar refractivity (Wildman–Crippen MR) is 70.1 cm³/mol. The Morgan fingerprint density at radius 1 is 1.25 bits per heavy atom. The third kappa shape index (κ3) is 4.03. The molecule has 0 aliphatic rings. The van der Waals surface area contributed by atoms with Gasteiger partial charge in [-0.15, -0.1) is 0 Å². The molecular weight excluding hydrogens is 241 g/mol. The molecule has 0 bridgehead atoms. The summed E-state index contributed by atoms with van der Waals surface area (Å²) in [5, 5.41) is 1.09. The van der Waals surface area contributed by atoms with Gasteiger partial charge in [-0.25, -0.2) is 0 Å². The molecular formula is C10H15BO3P2-. The Bertz CT molecular complexity index is 350. The first kappa shape index (κ1) is 13.9. The third-order valence-corrected chi connectivity index (χ3v) is 6.16. The molecule has 3 radical (unpaired) electrons. The molecule has 0 fully saturated rings. The van der Waals surface area contributed by atoms with E-state index >= 15 is 0 Å². The normalized spacial score (nSPS) is 13.7. The molecule has 0 spiro atoms. The van der Waals surface area contributed by atoms with Gasteiger partial charge in [0.05, 0.1) is 6.16 Å². The largest absolute Gasteiger partial charge is 0.573 e. The van der Waals surface area contributed by atoms with Gasteiger partial charge < -0.3 is 24.4 Å². The Kier molecular flexibility index (Phi) is 5.71. The van der Waals surface area contributed by atoms with E-state index in [0.29, 0.717) is 12.3 Å². The van der Waals surface area contributed by atoms with E-state index < -0.39 is 15.4 Å². The van der Waals surface area contributed by atoms with E-state index in [9.17, 15) is 4.57 Å². The summed E-state index contributed by atoms with van der Waals surface area (Å²) in [4.78, 5) is 0. The van der Waals surface area contributed by atoms with Crippen molar-refractivity contribution in [1.29, 1.82) is 0 Å². The molecule has 87 valence electrons. The Balaban J connectivity index is 2.53. The summed E-state index contributed by atoms with van der Waals surface area (Å²) in [5.41, 5.74) is 0. The van der Waals surface area contributed by atoms with E-state index in [2.05, 4.69) is 0 Å². The zero-order chi connectivity index (χ0) is 12.0. The first-order valence-electron chi connectivity index (χ1n) is 4.89. The second-order valence-electron chi connectivity index (χ2n) is 3.23. The molecule has 6 heteroatoms. The molecule has 16 heavy (non-hydrogen) atoms. The van der Waals surface area contributed by atoms with Crippen molar-refractivity contribution in [3.05, 3.63) is 30.3 Å². The van der Waals surface area contributed by atoms with E-state index in [-0.39, 0.29) is 0 Å². The fraction of sp³-hybridized carbons (Fsp3) is 0.400. The molecule has 0 aromatic heterocycles. The highest BCUT2D eigenvalue weighted by Crippen LogP contribution is 2.48. The van der Waals surface area contributed by atoms with Gasteiger partial charge in [-0.05, 0) is 0 Å². The third-order valence-electron chi connectivity index (χ3n) is 2.26. The van der Waals surface area contributed by atoms with Gasteiger partial charge in [-0.1, -0.05) is 41.8 Å². The fourth-order valence-corrected chi connectivity index (χ4v) is 4.41. The van der Waals surface area contributed by atoms with Gasteiger partial charge >= 0.3 is 7.60 Å². The second-order valence-corrected chi connectivity index (χ2v) is 7.53. The molecule has 0 heterocycles. The molecule has 0 saturated carbocycles. The number of hydrogen-bond acceptors (Lipinski definition) is 3. The second kappa shape index (κ2) is 6.56. The monoisotopic (exact) mass is 256 g/mol. The lowest BCUT2D eigenvalue weighted by molar-refractivity contribution is 0.277. The molecule has 1 unspecified atom stereocenters. The van der Waals surface area contributed by atoms with E-state index in [4.69, 9.17) is 16.6 Å². The first-order chi connectivity index (χ1) is 7.61. The molecule has 0 aliphatic heterocycles. The smallest absolute Gasteiger partial charge is 0.330 e. The van der Waals surface area contributed by atoms with Gasteiger partial charge in [0.15, 0.2) is 0 Å². The molecule has 0 aliphatic carbocycles. The van der Waals surface area contributed by atoms with Crippen molar-refractivity contribution in [3.8, 4) is 0 Å². The Hall–Kier alpha value is -0.135. The summed E-state index contributed by atoms with van der Waals surface area (Å²) >= 11 is 0. The molecule has 1 aromatic carbocycles. The van der Waals surface area contributed by atoms with Crippen LogP contribution in [0.15, 0.2) is 30.3 Å². The van der Waals surface area contributed by atoms with Crippen LogP contribution >= 0.6 is 15.4 Å². The van der Waals surface area contributed by atoms with Crippen molar-refractivity contribution in [2.24, 2.45) is 0 Å². The van der Waals surface area contributed by atoms with E-state index in [1.807, 2.05) is 30.3 Å². The van der Waals surface area contributed by atoms with Gasteiger partial charge in [0.25, 0.3) is 0 Å². The standard InChI is InChI=1S/C10H15BO3P2/c1-13-16(12,14-2)9-8-15(11)10-6-4-3-5-7-10/h3-7H,8-9H2,1-2H3/q-1. The van der Waals surface area contributed by atoms with Gasteiger partial charge in [0.1, 0.15) is 0 Å². The lowest BCUT2D eigenvalue weighted by Gasteiger charge is -2.28. The quantitative estimate of drug-likeness (QED) is 0.579. The minimum Gasteiger partial charge on any atom is -0.573 e. The molecule has 0 N–H and O–H groups in total. The van der Waals surface area contributed by atoms with Crippen LogP contribution in [-0.4, -0.2) is 34.1 Å². The summed E-state index contributed by atoms with van der Waals surface area (Å²) in [5.74, 6) is 0. The molecule has 3 nitrogen and oxygen atoms in total. The van der Waals surface area contributed by atoms with Crippen LogP contribution in [0, 0.1) is 0 Å². The predicted octanol–water partition coefficient (Wildman–Crippen LogP) is 2.36. The van der Waals surface area contributed by atoms with Crippen molar-refractivity contribution in [1.82, 2.24) is 0 Å². The van der Waals surface area contributed by atoms with Crippen LogP contribution in [0.5, 0.6) is 0 Å². The maximum absolute atomic E-state index is 11.8. The summed E-state index contributed by atoms with van der Waals surface area (Å²) in [7, 11) is 5.13. The minimum absolute atomic E-state index is 0.358. The van der Waals surface area contributed by atoms with Gasteiger partial charge in [0.2, 0.25) is 0 Å². The zero-order valence-electron chi connectivity index (χ0n) is 9.50. The highest BCUT2D eigenvalue weighted by molar-refractivity contribution is 7.88. The van der Waals surface area contributed by atoms with Crippen molar-refractivity contribution >= 4 is 28.3 Å². The van der Waals surface area contributed by atoms with E-state index in [0.717, 1.165) is 5.30 Å². The highest BCUT2D eigenvalue weighted by Gasteiger charge is 2.19. The highest BCUT2D eigenvalue weighted by atomic mass is 31.2. The average Bonchev–Trinajstić information content (AvgIpc) is 2.36. The van der Waals surface area contributed by atoms with Crippen LogP contribution in [0.3, 0.4) is 0 Å². The summed E-state index contributed by atoms with van der Waals surface area (Å²) < 4.78 is 21.5. The van der Waals surface area contributed by atoms with Crippen LogP contribution < -0.4 is 5.30 Å². The Morgan fingerprint density at radius 3 is 2.31 bits per heavy atom. The van der Waals surface area contributed by atoms with Gasteiger partial charge in [-0.2, -0.15) is 0 Å². The molecule has 1 rings (SSSR count). The van der Waals surface area contributed by atoms with Crippen LogP contribution in [-0.2, 0) is 13.6 Å². The van der Waals surface area contributed by atoms with Crippen LogP contribution in [0.1, 0.15) is 0 Å². The summed E-state index contributed by atoms with van der Waals surface area (Å²) in [6.45, 7) is 0. The average molecular weight is 256 g/mol. The van der Waals surface area contributed by atoms with Crippen LogP contribution in [0.4, 0.5) is 0 Å². The Morgan fingerprint density at radius 2 is 1.81 bits per heavy atom. The zero-order valence-corrected chi connectivity index (χ0v) is 11.3. The van der Waals surface area contributed by atoms with Crippen LogP contribution in [0.2, 0.25) is 0 Å². The summed E-state index contributed by atoms with van der Waals surface area (Å²) in [6.07, 6.45) is 0.995. The van der Waals surface area contributed by atoms with Crippen molar-refractivity contribution in [3.63, 3.8) is 0 Å². The van der Waals surface area contributed by atoms with Gasteiger partial charge in [-0.3, -0.25) is 4.57 Å². The Labute approximate surface area is 99.2 Å². The number of rotatable bonds is 6. The van der Waals surface area contributed by atoms with Gasteiger partial charge in [0, 0.05) is 14.2 Å². The minimum atomic E-state index is -2.92. The van der Waals surface area contributed by atoms with Crippen molar-refractivity contribution in [2.45, 2.75) is 0 Å². The lowest BCUT2D eigenvalue weighted by Crippen LogP contribution is -2.06. The van der Waals surface area contributed by atoms with Crippen molar-refractivity contribution in [2.75, 3.05) is 26.5 Å². The molecule has 1 aromatic rings. The van der Waals surface area contributed by atoms with E-state index in [1.165, 1.54) is 14.2 Å². The van der Waals surface area contributed by atoms with Crippen LogP contribution in [0.25, 0.3) is 0 Å². The number of hydrogen-bond donors (Lipinski definition) is 0. The van der Waals surface area contributed by atoms with E-state index in [1.54, 1.807) is 0 Å². The summed E-state index contributed by atoms with van der Waals surface area (Å²) in [6, 6.07) is 9.81. The lowest BCUT2D eigenvalue weighted by atomic mass is 10.4. The first-order valence-corrected chi connectivity index (χ1v) is 8.21. The maximum atomic E-state index is 11.8. The topological polar surface area (TPSA) is 35.5 Å². The molecule has 1 atom stereocenters. The maximum Gasteiger partial charge on any atom is 0.330 e. The fourth-order valence-electron chi connectivity index (χ4n) is 1.24.